The number of halogens is 2. The van der Waals surface area contributed by atoms with E-state index < -0.39 is 0 Å². The van der Waals surface area contributed by atoms with Crippen LogP contribution in [-0.2, 0) is 19.5 Å². The second kappa shape index (κ2) is 26.1. The maximum Gasteiger partial charge on any atom is 2.00 e. The number of hydrogen-bond acceptors (Lipinski definition) is 11. The number of aliphatic hydroxyl groups is 3. The Bertz CT molecular complexity index is 2710. The molecule has 0 aliphatic heterocycles. The predicted molar refractivity (Wildman–Crippen MR) is 237 cm³/mol. The summed E-state index contributed by atoms with van der Waals surface area (Å²) >= 11 is 0. The minimum Gasteiger partial charge on any atom is -1.00 e. The molecule has 62 heavy (non-hydrogen) atoms. The molecule has 0 aliphatic rings. The number of aromatic nitrogens is 8. The van der Waals surface area contributed by atoms with Gasteiger partial charge in [0, 0.05) is 80.1 Å². The Balaban J connectivity index is 0.000000330. The minimum atomic E-state index is 0. The third kappa shape index (κ3) is 11.2. The number of rotatable bonds is 2. The Morgan fingerprint density at radius 3 is 0.887 bits per heavy atom. The van der Waals surface area contributed by atoms with Gasteiger partial charge in [-0.3, -0.25) is 29.9 Å². The van der Waals surface area contributed by atoms with Gasteiger partial charge in [-0.2, -0.15) is 0 Å². The number of aliphatic hydroxyl groups excluding tert-OH is 3. The molecule has 0 atom stereocenters. The van der Waals surface area contributed by atoms with Gasteiger partial charge in [0.2, 0.25) is 0 Å². The average Bonchev–Trinajstić information content (AvgIpc) is 3.34. The van der Waals surface area contributed by atoms with Gasteiger partial charge < -0.3 is 45.6 Å². The summed E-state index contributed by atoms with van der Waals surface area (Å²) in [6.07, 6.45) is 10.8. The van der Waals surface area contributed by atoms with E-state index in [1.54, 1.807) is 24.8 Å². The van der Waals surface area contributed by atoms with Gasteiger partial charge in [-0.05, 0) is 83.6 Å². The maximum atomic E-state index is 7.00. The van der Waals surface area contributed by atoms with Crippen LogP contribution in [0.3, 0.4) is 0 Å². The van der Waals surface area contributed by atoms with Crippen molar-refractivity contribution in [2.45, 2.75) is 0 Å². The Labute approximate surface area is 383 Å². The third-order valence-electron chi connectivity index (χ3n) is 8.86. The molecule has 0 saturated heterocycles. The van der Waals surface area contributed by atoms with E-state index in [1.165, 1.54) is 0 Å². The van der Waals surface area contributed by atoms with Gasteiger partial charge in [-0.15, -0.1) is 0 Å². The summed E-state index contributed by atoms with van der Waals surface area (Å²) in [4.78, 5) is 36.3. The molecule has 8 aromatic heterocycles. The number of para-hydroxylation sites is 2. The Morgan fingerprint density at radius 2 is 0.597 bits per heavy atom. The van der Waals surface area contributed by atoms with Gasteiger partial charge in [0.05, 0.1) is 44.8 Å². The molecule has 0 spiro atoms. The summed E-state index contributed by atoms with van der Waals surface area (Å²) in [7, 11) is 3.00. The van der Waals surface area contributed by atoms with Crippen LogP contribution in [0.15, 0.2) is 171 Å². The zero-order valence-electron chi connectivity index (χ0n) is 33.7. The van der Waals surface area contributed by atoms with Crippen LogP contribution >= 0.6 is 0 Å². The average molecular weight is 955 g/mol. The van der Waals surface area contributed by atoms with Crippen LogP contribution in [0.2, 0.25) is 0 Å². The first kappa shape index (κ1) is 51.9. The summed E-state index contributed by atoms with van der Waals surface area (Å²) < 4.78 is 0. The van der Waals surface area contributed by atoms with Gasteiger partial charge >= 0.3 is 19.5 Å². The molecule has 0 unspecified atom stereocenters. The number of hydrogen-bond donors (Lipinski definition) is 3. The van der Waals surface area contributed by atoms with E-state index in [0.717, 1.165) is 110 Å². The zero-order chi connectivity index (χ0) is 40.7. The van der Waals surface area contributed by atoms with Crippen LogP contribution in [0.4, 0.5) is 0 Å². The van der Waals surface area contributed by atoms with Crippen LogP contribution < -0.4 is 24.8 Å². The van der Waals surface area contributed by atoms with Crippen molar-refractivity contribution in [2.75, 3.05) is 21.3 Å². The van der Waals surface area contributed by atoms with E-state index in [9.17, 15) is 0 Å². The van der Waals surface area contributed by atoms with Crippen molar-refractivity contribution in [2.24, 2.45) is 0 Å². The monoisotopic (exact) mass is 954 g/mol. The van der Waals surface area contributed by atoms with Gasteiger partial charge in [-0.1, -0.05) is 60.7 Å². The van der Waals surface area contributed by atoms with Gasteiger partial charge in [0.1, 0.15) is 11.0 Å². The van der Waals surface area contributed by atoms with Crippen LogP contribution in [0.5, 0.6) is 0 Å². The molecule has 15 heteroatoms. The molecule has 0 aliphatic carbocycles. The van der Waals surface area contributed by atoms with E-state index in [0.29, 0.717) is 0 Å². The first-order valence-electron chi connectivity index (χ1n) is 18.2. The van der Waals surface area contributed by atoms with Gasteiger partial charge in [0.25, 0.3) is 0 Å². The van der Waals surface area contributed by atoms with Crippen molar-refractivity contribution < 1.29 is 65.1 Å². The maximum absolute atomic E-state index is 7.00. The molecule has 0 bridgehead atoms. The smallest absolute Gasteiger partial charge is 1.00 e. The van der Waals surface area contributed by atoms with Crippen LogP contribution in [0.25, 0.3) is 88.2 Å². The Hall–Kier alpha value is -6.28. The molecule has 8 heterocycles. The summed E-state index contributed by atoms with van der Waals surface area (Å²) in [5.41, 5.74) is 9.17. The quantitative estimate of drug-likeness (QED) is 0.130. The number of fused-ring (bicyclic) bond motifs is 6. The first-order chi connectivity index (χ1) is 28.8. The van der Waals surface area contributed by atoms with Crippen LogP contribution in [0, 0.1) is 0 Å². The number of benzene rings is 3. The molecule has 0 fully saturated rings. The van der Waals surface area contributed by atoms with Crippen molar-refractivity contribution in [3.63, 3.8) is 0 Å². The molecule has 0 radical (unpaired) electrons. The van der Waals surface area contributed by atoms with E-state index in [1.807, 2.05) is 109 Å². The summed E-state index contributed by atoms with van der Waals surface area (Å²) in [6.45, 7) is 0. The summed E-state index contributed by atoms with van der Waals surface area (Å²) in [6, 6.07) is 43.8. The normalized spacial score (nSPS) is 9.58. The number of pyridine rings is 8. The molecule has 0 saturated carbocycles. The standard InChI is InChI=1S/C24H12N4.2C10H8N2.3CH4O.2ClH.H2O.Ru/c1-3-7-17-13(5-1)15-9-11-25-21-19(15)23(27-17)22-20-16(10-12-26-22)14-6-2-4-8-18(14)28-24(20)21;2*1-3-7-11-9(5-1)10-6-2-4-8-12-10;3*1-2;;;;/h1-12H;2*1-8H;3*2H,1H3;2*1H;1H2;/q;;;;;;;;;+2/p-2. The molecule has 3 aromatic carbocycles. The topological polar surface area (TPSA) is 195 Å². The molecule has 316 valence electrons. The summed E-state index contributed by atoms with van der Waals surface area (Å²) in [5, 5.41) is 27.6. The van der Waals surface area contributed by atoms with Gasteiger partial charge in [0.15, 0.2) is 0 Å². The van der Waals surface area contributed by atoms with E-state index in [-0.39, 0.29) is 49.8 Å². The fraction of sp³-hybridized carbons (Fsp3) is 0.0638. The number of nitrogens with zero attached hydrogens (tertiary/aromatic N) is 8. The minimum absolute atomic E-state index is 0. The van der Waals surface area contributed by atoms with Crippen molar-refractivity contribution in [3.8, 4) is 22.8 Å². The second-order valence-corrected chi connectivity index (χ2v) is 12.0. The fourth-order valence-corrected chi connectivity index (χ4v) is 6.56. The first-order valence-corrected chi connectivity index (χ1v) is 18.2. The van der Waals surface area contributed by atoms with Crippen LogP contribution in [0.1, 0.15) is 0 Å². The molecule has 12 nitrogen and oxygen atoms in total. The van der Waals surface area contributed by atoms with Crippen molar-refractivity contribution >= 4 is 65.4 Å². The Morgan fingerprint density at radius 1 is 0.306 bits per heavy atom. The fourth-order valence-electron chi connectivity index (χ4n) is 6.56. The van der Waals surface area contributed by atoms with E-state index in [2.05, 4.69) is 56.3 Å². The van der Waals surface area contributed by atoms with Crippen molar-refractivity contribution in [1.29, 1.82) is 0 Å². The molecule has 0 amide bonds. The second-order valence-electron chi connectivity index (χ2n) is 12.0. The van der Waals surface area contributed by atoms with Crippen LogP contribution in [-0.4, -0.2) is 82.0 Å². The van der Waals surface area contributed by atoms with E-state index >= 15 is 0 Å². The van der Waals surface area contributed by atoms with E-state index in [4.69, 9.17) is 35.3 Å². The van der Waals surface area contributed by atoms with Crippen molar-refractivity contribution in [3.05, 3.63) is 171 Å². The molecule has 11 rings (SSSR count). The van der Waals surface area contributed by atoms with Gasteiger partial charge in [-0.25, -0.2) is 9.97 Å². The third-order valence-corrected chi connectivity index (χ3v) is 8.86. The molecule has 11 aromatic rings. The zero-order valence-corrected chi connectivity index (χ0v) is 36.9. The molecular formula is C47H42Cl2N8O4Ru. The summed E-state index contributed by atoms with van der Waals surface area (Å²) in [5.74, 6) is 0. The predicted octanol–water partition coefficient (Wildman–Crippen LogP) is 1.92. The largest absolute Gasteiger partial charge is 2.00 e. The molecule has 5 N–H and O–H groups in total. The molecular weight excluding hydrogens is 913 g/mol. The van der Waals surface area contributed by atoms with Crippen molar-refractivity contribution in [1.82, 2.24) is 39.9 Å². The SMILES string of the molecule is CO.CO.CO.O.[Cl-].[Cl-].[Ru+2].c1ccc(-c2ccccn2)nc1.c1ccc(-c2ccccn2)nc1.c1ccc2c(c1)nc1c3nccc4c5ccccc5nc(c5nccc2c51)c43. The Kier molecular flexibility index (Phi) is 21.9.